The van der Waals surface area contributed by atoms with Crippen LogP contribution in [-0.2, 0) is 28.6 Å². The highest BCUT2D eigenvalue weighted by Crippen LogP contribution is 2.28. The van der Waals surface area contributed by atoms with E-state index in [-0.39, 0.29) is 25.7 Å². The Balaban J connectivity index is 1.53. The summed E-state index contributed by atoms with van der Waals surface area (Å²) in [6.45, 7) is 4.94. The normalized spacial score (nSPS) is 14.1. The predicted molar refractivity (Wildman–Crippen MR) is 160 cm³/mol. The van der Waals surface area contributed by atoms with Gasteiger partial charge in [0, 0.05) is 24.7 Å². The first-order chi connectivity index (χ1) is 21.4. The Morgan fingerprint density at radius 3 is 2.45 bits per heavy atom. The maximum atomic E-state index is 13.2. The zero-order valence-electron chi connectivity index (χ0n) is 25.0. The molecule has 0 bridgehead atoms. The molecule has 1 unspecified atom stereocenters. The van der Waals surface area contributed by atoms with E-state index < -0.39 is 23.1 Å². The molecule has 1 saturated heterocycles. The Morgan fingerprint density at radius 1 is 1.00 bits per heavy atom. The van der Waals surface area contributed by atoms with Crippen molar-refractivity contribution in [1.82, 2.24) is 4.90 Å². The number of benzene rings is 2. The third-order valence-corrected chi connectivity index (χ3v) is 6.81. The number of nitrogens with zero attached hydrogens (tertiary/aromatic N) is 2. The topological polar surface area (TPSA) is 144 Å². The lowest BCUT2D eigenvalue weighted by atomic mass is 9.98. The highest BCUT2D eigenvalue weighted by atomic mass is 16.9. The number of morpholine rings is 1. The molecule has 2 aromatic carbocycles. The van der Waals surface area contributed by atoms with Crippen LogP contribution in [0.3, 0.4) is 0 Å². The van der Waals surface area contributed by atoms with Crippen LogP contribution >= 0.6 is 0 Å². The maximum absolute atomic E-state index is 13.2. The fraction of sp³-hybridized carbons (Fsp3) is 0.469. The lowest BCUT2D eigenvalue weighted by molar-refractivity contribution is -0.757. The Kier molecular flexibility index (Phi) is 14.8. The van der Waals surface area contributed by atoms with Crippen LogP contribution in [0, 0.1) is 10.1 Å². The Bertz CT molecular complexity index is 1240. The van der Waals surface area contributed by atoms with Crippen LogP contribution in [0.1, 0.15) is 73.0 Å². The maximum Gasteiger partial charge on any atom is 0.343 e. The minimum Gasteiger partial charge on any atom is -0.463 e. The van der Waals surface area contributed by atoms with Crippen molar-refractivity contribution in [3.63, 3.8) is 0 Å². The van der Waals surface area contributed by atoms with Crippen LogP contribution in [-0.4, -0.2) is 74.0 Å². The molecule has 238 valence electrons. The second-order valence-electron chi connectivity index (χ2n) is 10.2. The molecule has 0 spiro atoms. The van der Waals surface area contributed by atoms with Crippen LogP contribution in [0.5, 0.6) is 5.75 Å². The highest BCUT2D eigenvalue weighted by molar-refractivity contribution is 5.93. The van der Waals surface area contributed by atoms with Crippen molar-refractivity contribution in [2.45, 2.75) is 51.6 Å². The molecule has 1 heterocycles. The zero-order chi connectivity index (χ0) is 31.6. The second kappa shape index (κ2) is 19.1. The molecule has 2 aromatic rings. The van der Waals surface area contributed by atoms with Gasteiger partial charge in [-0.25, -0.2) is 9.59 Å². The second-order valence-corrected chi connectivity index (χ2v) is 10.2. The summed E-state index contributed by atoms with van der Waals surface area (Å²) in [5.41, 5.74) is 1.62. The lowest BCUT2D eigenvalue weighted by Gasteiger charge is -2.27. The molecule has 44 heavy (non-hydrogen) atoms. The predicted octanol–water partition coefficient (Wildman–Crippen LogP) is 4.95. The van der Waals surface area contributed by atoms with E-state index in [1.807, 2.05) is 11.0 Å². The van der Waals surface area contributed by atoms with E-state index in [2.05, 4.69) is 11.8 Å². The van der Waals surface area contributed by atoms with Gasteiger partial charge in [0.2, 0.25) is 0 Å². The first-order valence-corrected chi connectivity index (χ1v) is 14.9. The molecule has 0 amide bonds. The van der Waals surface area contributed by atoms with E-state index in [9.17, 15) is 24.5 Å². The van der Waals surface area contributed by atoms with Gasteiger partial charge in [0.25, 0.3) is 5.09 Å². The van der Waals surface area contributed by atoms with Crippen molar-refractivity contribution in [3.05, 3.63) is 81.4 Å². The third kappa shape index (κ3) is 12.5. The molecule has 0 aliphatic carbocycles. The summed E-state index contributed by atoms with van der Waals surface area (Å²) in [6, 6.07) is 13.6. The average molecular weight is 613 g/mol. The molecule has 0 saturated carbocycles. The molecule has 3 rings (SSSR count). The Labute approximate surface area is 257 Å². The van der Waals surface area contributed by atoms with Crippen molar-refractivity contribution in [3.8, 4) is 5.75 Å². The van der Waals surface area contributed by atoms with Crippen LogP contribution in [0.25, 0.3) is 6.08 Å². The standard InChI is InChI=1S/C32H40N2O10/c1-2-3-11-29(44-31(36)24-33-18-22-40-23-19-33)27-9-5-6-10-28(27)32(37)43-26-15-12-25(13-16-26)14-17-30(35)41-20-7-4-8-21-42-34(38)39/h5-6,9-10,12-17,29H,2-4,7-8,11,18-24H2,1H3/b17-14+. The van der Waals surface area contributed by atoms with Gasteiger partial charge in [-0.2, -0.15) is 0 Å². The molecule has 1 fully saturated rings. The number of rotatable bonds is 18. The van der Waals surface area contributed by atoms with Gasteiger partial charge in [0.1, 0.15) is 11.9 Å². The SMILES string of the molecule is CCCCC(OC(=O)CN1CCOCC1)c1ccccc1C(=O)Oc1ccc(/C=C/C(=O)OCCCCCO[N+](=O)[O-])cc1. The fourth-order valence-corrected chi connectivity index (χ4v) is 4.48. The number of esters is 3. The lowest BCUT2D eigenvalue weighted by Crippen LogP contribution is -2.40. The minimum atomic E-state index is -0.833. The van der Waals surface area contributed by atoms with E-state index in [0.29, 0.717) is 74.4 Å². The number of carbonyl (C=O) groups is 3. The summed E-state index contributed by atoms with van der Waals surface area (Å²) in [5.74, 6) is -1.10. The summed E-state index contributed by atoms with van der Waals surface area (Å²) in [7, 11) is 0. The van der Waals surface area contributed by atoms with Gasteiger partial charge in [-0.3, -0.25) is 9.69 Å². The first-order valence-electron chi connectivity index (χ1n) is 14.9. The van der Waals surface area contributed by atoms with Crippen molar-refractivity contribution < 1.29 is 43.3 Å². The van der Waals surface area contributed by atoms with E-state index in [1.165, 1.54) is 6.08 Å². The molecule has 0 aromatic heterocycles. The van der Waals surface area contributed by atoms with Crippen molar-refractivity contribution in [1.29, 1.82) is 0 Å². The van der Waals surface area contributed by atoms with E-state index in [1.54, 1.807) is 48.5 Å². The molecule has 1 aliphatic rings. The quantitative estimate of drug-likeness (QED) is 0.0563. The largest absolute Gasteiger partial charge is 0.463 e. The van der Waals surface area contributed by atoms with Gasteiger partial charge in [-0.15, -0.1) is 10.1 Å². The number of ether oxygens (including phenoxy) is 4. The molecular weight excluding hydrogens is 572 g/mol. The summed E-state index contributed by atoms with van der Waals surface area (Å²) in [5, 5.41) is 9.27. The van der Waals surface area contributed by atoms with E-state index >= 15 is 0 Å². The van der Waals surface area contributed by atoms with Gasteiger partial charge in [-0.05, 0) is 61.9 Å². The van der Waals surface area contributed by atoms with Crippen LogP contribution in [0.4, 0.5) is 0 Å². The smallest absolute Gasteiger partial charge is 0.343 e. The van der Waals surface area contributed by atoms with Gasteiger partial charge < -0.3 is 23.8 Å². The molecule has 0 N–H and O–H groups in total. The van der Waals surface area contributed by atoms with Gasteiger partial charge in [0.05, 0.1) is 38.5 Å². The van der Waals surface area contributed by atoms with Crippen molar-refractivity contribution >= 4 is 24.0 Å². The molecular formula is C32H40N2O10. The van der Waals surface area contributed by atoms with Gasteiger partial charge in [-0.1, -0.05) is 43.7 Å². The molecule has 12 nitrogen and oxygen atoms in total. The monoisotopic (exact) mass is 612 g/mol. The van der Waals surface area contributed by atoms with E-state index in [0.717, 1.165) is 12.8 Å². The van der Waals surface area contributed by atoms with Gasteiger partial charge >= 0.3 is 17.9 Å². The summed E-state index contributed by atoms with van der Waals surface area (Å²) in [4.78, 5) is 54.3. The Morgan fingerprint density at radius 2 is 1.73 bits per heavy atom. The van der Waals surface area contributed by atoms with E-state index in [4.69, 9.17) is 18.9 Å². The van der Waals surface area contributed by atoms with Crippen molar-refractivity contribution in [2.24, 2.45) is 0 Å². The number of hydrogen-bond donors (Lipinski definition) is 0. The number of carbonyl (C=O) groups excluding carboxylic acids is 3. The third-order valence-electron chi connectivity index (χ3n) is 6.81. The molecule has 0 radical (unpaired) electrons. The summed E-state index contributed by atoms with van der Waals surface area (Å²) in [6.07, 6.45) is 6.31. The molecule has 1 atom stereocenters. The number of unbranched alkanes of at least 4 members (excludes halogenated alkanes) is 3. The first kappa shape index (κ1) is 34.2. The van der Waals surface area contributed by atoms with Crippen LogP contribution in [0.2, 0.25) is 0 Å². The van der Waals surface area contributed by atoms with Gasteiger partial charge in [0.15, 0.2) is 0 Å². The number of hydrogen-bond acceptors (Lipinski definition) is 11. The summed E-state index contributed by atoms with van der Waals surface area (Å²) >= 11 is 0. The van der Waals surface area contributed by atoms with Crippen molar-refractivity contribution in [2.75, 3.05) is 46.1 Å². The zero-order valence-corrected chi connectivity index (χ0v) is 25.0. The molecule has 12 heteroatoms. The fourth-order valence-electron chi connectivity index (χ4n) is 4.48. The highest BCUT2D eigenvalue weighted by Gasteiger charge is 2.25. The van der Waals surface area contributed by atoms with Crippen LogP contribution in [0.15, 0.2) is 54.6 Å². The minimum absolute atomic E-state index is 0.0172. The molecule has 1 aliphatic heterocycles. The average Bonchev–Trinajstić information content (AvgIpc) is 3.02. The van der Waals surface area contributed by atoms with Crippen LogP contribution < -0.4 is 4.74 Å². The Hall–Kier alpha value is -4.29. The summed E-state index contributed by atoms with van der Waals surface area (Å²) < 4.78 is 22.0.